The van der Waals surface area contributed by atoms with Crippen LogP contribution < -0.4 is 5.32 Å². The molecule has 1 aliphatic rings. The molecule has 0 aliphatic carbocycles. The van der Waals surface area contributed by atoms with Gasteiger partial charge < -0.3 is 5.32 Å². The fourth-order valence-electron chi connectivity index (χ4n) is 2.22. The van der Waals surface area contributed by atoms with E-state index >= 15 is 0 Å². The van der Waals surface area contributed by atoms with Gasteiger partial charge in [0.05, 0.1) is 11.6 Å². The molecule has 21 heavy (non-hydrogen) atoms. The van der Waals surface area contributed by atoms with Crippen LogP contribution in [-0.4, -0.2) is 5.75 Å². The van der Waals surface area contributed by atoms with Crippen molar-refractivity contribution in [1.82, 2.24) is 0 Å². The van der Waals surface area contributed by atoms with E-state index in [-0.39, 0.29) is 6.04 Å². The van der Waals surface area contributed by atoms with Crippen molar-refractivity contribution in [1.29, 1.82) is 0 Å². The van der Waals surface area contributed by atoms with Crippen molar-refractivity contribution in [3.63, 3.8) is 0 Å². The van der Waals surface area contributed by atoms with Crippen LogP contribution in [0, 0.1) is 0 Å². The van der Waals surface area contributed by atoms with Crippen molar-refractivity contribution in [3.05, 3.63) is 58.1 Å². The molecule has 1 atom stereocenters. The summed E-state index contributed by atoms with van der Waals surface area (Å²) in [5, 5.41) is 3.38. The molecule has 1 nitrogen and oxygen atoms in total. The lowest BCUT2D eigenvalue weighted by molar-refractivity contribution is -0.137. The number of fused-ring (bicyclic) bond motifs is 1. The van der Waals surface area contributed by atoms with Crippen LogP contribution >= 0.6 is 27.7 Å². The SMILES string of the molecule is FC(F)(F)c1ccc([C@H]2CSc3cc(Br)ccc3N2)cc1. The second-order valence-electron chi connectivity index (χ2n) is 4.77. The third kappa shape index (κ3) is 3.21. The Kier molecular flexibility index (Phi) is 3.92. The Bertz CT molecular complexity index is 655. The van der Waals surface area contributed by atoms with Crippen LogP contribution in [0.2, 0.25) is 0 Å². The highest BCUT2D eigenvalue weighted by Gasteiger charge is 2.30. The summed E-state index contributed by atoms with van der Waals surface area (Å²) in [5.41, 5.74) is 1.27. The Morgan fingerprint density at radius 1 is 1.10 bits per heavy atom. The average Bonchev–Trinajstić information content (AvgIpc) is 2.46. The third-order valence-electron chi connectivity index (χ3n) is 3.32. The summed E-state index contributed by atoms with van der Waals surface area (Å²) < 4.78 is 38.7. The van der Waals surface area contributed by atoms with Crippen molar-refractivity contribution in [3.8, 4) is 0 Å². The Balaban J connectivity index is 1.81. The minimum absolute atomic E-state index is 0.0194. The topological polar surface area (TPSA) is 12.0 Å². The molecule has 6 heteroatoms. The molecule has 0 unspecified atom stereocenters. The Morgan fingerprint density at radius 3 is 2.48 bits per heavy atom. The Hall–Kier alpha value is -1.14. The smallest absolute Gasteiger partial charge is 0.376 e. The van der Waals surface area contributed by atoms with Crippen molar-refractivity contribution in [2.75, 3.05) is 11.1 Å². The zero-order valence-corrected chi connectivity index (χ0v) is 13.1. The maximum atomic E-state index is 12.6. The van der Waals surface area contributed by atoms with Crippen molar-refractivity contribution in [2.45, 2.75) is 17.1 Å². The van der Waals surface area contributed by atoms with E-state index in [0.717, 1.165) is 38.5 Å². The molecule has 0 amide bonds. The highest BCUT2D eigenvalue weighted by Crippen LogP contribution is 2.40. The number of nitrogens with one attached hydrogen (secondary N) is 1. The zero-order chi connectivity index (χ0) is 15.0. The molecule has 0 radical (unpaired) electrons. The molecule has 2 aromatic carbocycles. The predicted octanol–water partition coefficient (Wildman–Crippen LogP) is 5.73. The first kappa shape index (κ1) is 14.8. The first-order valence-electron chi connectivity index (χ1n) is 6.29. The number of rotatable bonds is 1. The fraction of sp³-hybridized carbons (Fsp3) is 0.200. The van der Waals surface area contributed by atoms with Crippen LogP contribution in [-0.2, 0) is 6.18 Å². The van der Waals surface area contributed by atoms with E-state index < -0.39 is 11.7 Å². The van der Waals surface area contributed by atoms with Crippen LogP contribution in [0.3, 0.4) is 0 Å². The van der Waals surface area contributed by atoms with Gasteiger partial charge in [-0.1, -0.05) is 28.1 Å². The van der Waals surface area contributed by atoms with Gasteiger partial charge in [-0.15, -0.1) is 11.8 Å². The summed E-state index contributed by atoms with van der Waals surface area (Å²) in [6.45, 7) is 0. The van der Waals surface area contributed by atoms with Gasteiger partial charge in [-0.3, -0.25) is 0 Å². The second-order valence-corrected chi connectivity index (χ2v) is 6.75. The fourth-order valence-corrected chi connectivity index (χ4v) is 3.85. The van der Waals surface area contributed by atoms with Crippen molar-refractivity contribution >= 4 is 33.4 Å². The van der Waals surface area contributed by atoms with Gasteiger partial charge >= 0.3 is 6.18 Å². The summed E-state index contributed by atoms with van der Waals surface area (Å²) in [6, 6.07) is 11.3. The number of hydrogen-bond donors (Lipinski definition) is 1. The standard InChI is InChI=1S/C15H11BrF3NS/c16-11-5-6-12-14(7-11)21-8-13(20-12)9-1-3-10(4-2-9)15(17,18)19/h1-7,13,20H,8H2/t13-/m1/s1. The molecule has 0 aromatic heterocycles. The van der Waals surface area contributed by atoms with Gasteiger partial charge in [-0.25, -0.2) is 0 Å². The molecule has 110 valence electrons. The molecule has 0 bridgehead atoms. The van der Waals surface area contributed by atoms with Gasteiger partial charge in [0.15, 0.2) is 0 Å². The minimum atomic E-state index is -4.29. The molecule has 1 heterocycles. The van der Waals surface area contributed by atoms with Crippen LogP contribution in [0.15, 0.2) is 51.8 Å². The van der Waals surface area contributed by atoms with Crippen molar-refractivity contribution in [2.24, 2.45) is 0 Å². The maximum Gasteiger partial charge on any atom is 0.416 e. The molecule has 2 aromatic rings. The third-order valence-corrected chi connectivity index (χ3v) is 4.96. The number of halogens is 4. The predicted molar refractivity (Wildman–Crippen MR) is 82.7 cm³/mol. The number of alkyl halides is 3. The van der Waals surface area contributed by atoms with Gasteiger partial charge in [0.25, 0.3) is 0 Å². The first-order valence-corrected chi connectivity index (χ1v) is 8.07. The summed E-state index contributed by atoms with van der Waals surface area (Å²) in [4.78, 5) is 1.15. The van der Waals surface area contributed by atoms with Crippen LogP contribution in [0.4, 0.5) is 18.9 Å². The van der Waals surface area contributed by atoms with Gasteiger partial charge in [0, 0.05) is 20.8 Å². The van der Waals surface area contributed by atoms with Crippen LogP contribution in [0.1, 0.15) is 17.2 Å². The number of anilines is 1. The number of thioether (sulfide) groups is 1. The van der Waals surface area contributed by atoms with E-state index in [1.165, 1.54) is 0 Å². The van der Waals surface area contributed by atoms with Crippen LogP contribution in [0.25, 0.3) is 0 Å². The molecule has 1 aliphatic heterocycles. The highest BCUT2D eigenvalue weighted by atomic mass is 79.9. The average molecular weight is 374 g/mol. The second kappa shape index (κ2) is 5.57. The first-order chi connectivity index (χ1) is 9.93. The largest absolute Gasteiger partial charge is 0.416 e. The quantitative estimate of drug-likeness (QED) is 0.685. The molecule has 0 saturated carbocycles. The van der Waals surface area contributed by atoms with Gasteiger partial charge in [0.2, 0.25) is 0 Å². The Morgan fingerprint density at radius 2 is 1.81 bits per heavy atom. The van der Waals surface area contributed by atoms with E-state index in [0.29, 0.717) is 0 Å². The van der Waals surface area contributed by atoms with Crippen LogP contribution in [0.5, 0.6) is 0 Å². The van der Waals surface area contributed by atoms with E-state index in [4.69, 9.17) is 0 Å². The molecule has 0 fully saturated rings. The summed E-state index contributed by atoms with van der Waals surface area (Å²) >= 11 is 5.13. The molecule has 0 spiro atoms. The maximum absolute atomic E-state index is 12.6. The number of hydrogen-bond acceptors (Lipinski definition) is 2. The summed E-state index contributed by atoms with van der Waals surface area (Å²) in [7, 11) is 0. The lowest BCUT2D eigenvalue weighted by Gasteiger charge is -2.27. The van der Waals surface area contributed by atoms with Gasteiger partial charge in [-0.05, 0) is 35.9 Å². The van der Waals surface area contributed by atoms with Gasteiger partial charge in [-0.2, -0.15) is 13.2 Å². The lowest BCUT2D eigenvalue weighted by Crippen LogP contribution is -2.18. The van der Waals surface area contributed by atoms with E-state index in [1.54, 1.807) is 23.9 Å². The van der Waals surface area contributed by atoms with E-state index in [2.05, 4.69) is 21.2 Å². The minimum Gasteiger partial charge on any atom is -0.376 e. The van der Waals surface area contributed by atoms with Crippen molar-refractivity contribution < 1.29 is 13.2 Å². The highest BCUT2D eigenvalue weighted by molar-refractivity contribution is 9.10. The van der Waals surface area contributed by atoms with Gasteiger partial charge in [0.1, 0.15) is 0 Å². The molecular weight excluding hydrogens is 363 g/mol. The normalized spacial score (nSPS) is 18.0. The monoisotopic (exact) mass is 373 g/mol. The molecule has 0 saturated heterocycles. The molecule has 1 N–H and O–H groups in total. The Labute approximate surface area is 133 Å². The molecular formula is C15H11BrF3NS. The molecule has 3 rings (SSSR count). The number of benzene rings is 2. The zero-order valence-electron chi connectivity index (χ0n) is 10.7. The summed E-state index contributed by atoms with van der Waals surface area (Å²) in [6.07, 6.45) is -4.29. The lowest BCUT2D eigenvalue weighted by atomic mass is 10.1. The van der Waals surface area contributed by atoms with E-state index in [1.807, 2.05) is 18.2 Å². The summed E-state index contributed by atoms with van der Waals surface area (Å²) in [5.74, 6) is 0.787. The van der Waals surface area contributed by atoms with E-state index in [9.17, 15) is 13.2 Å².